The van der Waals surface area contributed by atoms with Crippen molar-refractivity contribution in [1.82, 2.24) is 24.9 Å². The number of nitrogens with zero attached hydrogens (tertiary/aromatic N) is 4. The molecule has 0 saturated heterocycles. The highest BCUT2D eigenvalue weighted by Gasteiger charge is 2.48. The molecule has 0 aliphatic carbocycles. The summed E-state index contributed by atoms with van der Waals surface area (Å²) in [6.07, 6.45) is 6.69. The number of amides is 1. The number of H-pyrrole nitrogens is 1. The molecule has 0 saturated carbocycles. The van der Waals surface area contributed by atoms with Crippen LogP contribution in [-0.4, -0.2) is 30.8 Å². The Hall–Kier alpha value is -5.45. The molecule has 1 aliphatic heterocycles. The molecule has 7 rings (SSSR count). The van der Waals surface area contributed by atoms with E-state index in [9.17, 15) is 13.6 Å². The number of fused-ring (bicyclic) bond motifs is 3. The quantitative estimate of drug-likeness (QED) is 0.202. The highest BCUT2D eigenvalue weighted by Crippen LogP contribution is 2.42. The van der Waals surface area contributed by atoms with Crippen molar-refractivity contribution in [2.24, 2.45) is 0 Å². The average Bonchev–Trinajstić information content (AvgIpc) is 3.53. The van der Waals surface area contributed by atoms with Crippen LogP contribution >= 0.6 is 0 Å². The molecular formula is C29H20F2N8O. The molecule has 196 valence electrons. The van der Waals surface area contributed by atoms with Crippen LogP contribution in [-0.2, 0) is 10.7 Å². The Balaban J connectivity index is 1.29. The molecule has 9 nitrogen and oxygen atoms in total. The van der Waals surface area contributed by atoms with Crippen molar-refractivity contribution in [3.05, 3.63) is 90.6 Å². The number of aryl methyl sites for hydroxylation is 1. The van der Waals surface area contributed by atoms with Gasteiger partial charge in [0.2, 0.25) is 0 Å². The van der Waals surface area contributed by atoms with E-state index in [1.165, 1.54) is 18.5 Å². The molecule has 40 heavy (non-hydrogen) atoms. The summed E-state index contributed by atoms with van der Waals surface area (Å²) in [6.45, 7) is 1.99. The summed E-state index contributed by atoms with van der Waals surface area (Å²) < 4.78 is 28.7. The van der Waals surface area contributed by atoms with Crippen LogP contribution in [0.1, 0.15) is 11.1 Å². The van der Waals surface area contributed by atoms with Gasteiger partial charge in [-0.15, -0.1) is 0 Å². The van der Waals surface area contributed by atoms with Crippen molar-refractivity contribution in [3.63, 3.8) is 0 Å². The molecule has 0 bridgehead atoms. The van der Waals surface area contributed by atoms with E-state index in [1.54, 1.807) is 18.5 Å². The monoisotopic (exact) mass is 534 g/mol. The fourth-order valence-electron chi connectivity index (χ4n) is 4.98. The molecule has 0 unspecified atom stereocenters. The van der Waals surface area contributed by atoms with E-state index in [2.05, 4.69) is 40.9 Å². The lowest BCUT2D eigenvalue weighted by molar-refractivity contribution is -0.139. The number of anilines is 5. The van der Waals surface area contributed by atoms with Gasteiger partial charge in [-0.3, -0.25) is 4.79 Å². The van der Waals surface area contributed by atoms with Crippen molar-refractivity contribution in [1.29, 1.82) is 0 Å². The summed E-state index contributed by atoms with van der Waals surface area (Å²) in [6, 6.07) is 15.8. The highest BCUT2D eigenvalue weighted by atomic mass is 19.3. The third-order valence-corrected chi connectivity index (χ3v) is 6.97. The number of hydrogen-bond donors (Lipinski definition) is 4. The Bertz CT molecular complexity index is 1970. The standard InChI is InChI=1S/C29H20F2N8O/c1-15-4-6-18-17(8-11-34-26(18)37-16-5-7-22-21(13-16)29(30,31)28(40)38-22)23(15)39-27-19(3-2-10-32-27)24-20-9-12-33-25(20)36-14-35-24/h2-14H,1H3,(H,32,39)(H,34,37)(H,38,40)(H,33,35,36). The van der Waals surface area contributed by atoms with E-state index in [0.717, 1.165) is 44.3 Å². The largest absolute Gasteiger partial charge is 0.352 e. The minimum Gasteiger partial charge on any atom is -0.346 e. The summed E-state index contributed by atoms with van der Waals surface area (Å²) in [4.78, 5) is 32.7. The molecule has 4 N–H and O–H groups in total. The number of carbonyl (C=O) groups excluding carboxylic acids is 1. The Morgan fingerprint density at radius 2 is 1.73 bits per heavy atom. The molecule has 0 fully saturated rings. The molecule has 6 aromatic rings. The first kappa shape index (κ1) is 23.7. The normalized spacial score (nSPS) is 13.8. The minimum absolute atomic E-state index is 0.0975. The Labute approximate surface area is 225 Å². The van der Waals surface area contributed by atoms with Crippen LogP contribution in [0.2, 0.25) is 0 Å². The van der Waals surface area contributed by atoms with E-state index < -0.39 is 11.8 Å². The summed E-state index contributed by atoms with van der Waals surface area (Å²) >= 11 is 0. The van der Waals surface area contributed by atoms with Gasteiger partial charge in [0.1, 0.15) is 23.6 Å². The van der Waals surface area contributed by atoms with Gasteiger partial charge in [0.15, 0.2) is 0 Å². The van der Waals surface area contributed by atoms with Gasteiger partial charge in [-0.25, -0.2) is 19.9 Å². The Morgan fingerprint density at radius 3 is 2.62 bits per heavy atom. The first-order valence-electron chi connectivity index (χ1n) is 12.4. The maximum absolute atomic E-state index is 14.4. The van der Waals surface area contributed by atoms with E-state index in [1.807, 2.05) is 49.5 Å². The lowest BCUT2D eigenvalue weighted by Gasteiger charge is -2.17. The van der Waals surface area contributed by atoms with Crippen molar-refractivity contribution < 1.29 is 13.6 Å². The van der Waals surface area contributed by atoms with Gasteiger partial charge in [-0.05, 0) is 55.0 Å². The molecule has 11 heteroatoms. The average molecular weight is 535 g/mol. The molecule has 1 amide bonds. The second-order valence-electron chi connectivity index (χ2n) is 9.41. The lowest BCUT2D eigenvalue weighted by Crippen LogP contribution is -2.23. The van der Waals surface area contributed by atoms with Gasteiger partial charge >= 0.3 is 5.92 Å². The number of aromatic amines is 1. The zero-order valence-electron chi connectivity index (χ0n) is 21.0. The number of carbonyl (C=O) groups is 1. The second-order valence-corrected chi connectivity index (χ2v) is 9.41. The first-order chi connectivity index (χ1) is 19.4. The summed E-state index contributed by atoms with van der Waals surface area (Å²) in [5.74, 6) is -3.83. The van der Waals surface area contributed by atoms with Gasteiger partial charge in [0, 0.05) is 46.0 Å². The molecule has 4 aromatic heterocycles. The van der Waals surface area contributed by atoms with Gasteiger partial charge in [0.25, 0.3) is 5.91 Å². The molecule has 0 atom stereocenters. The Morgan fingerprint density at radius 1 is 0.850 bits per heavy atom. The van der Waals surface area contributed by atoms with Crippen LogP contribution < -0.4 is 16.0 Å². The Kier molecular flexibility index (Phi) is 5.20. The smallest absolute Gasteiger partial charge is 0.346 e. The van der Waals surface area contributed by atoms with E-state index in [0.29, 0.717) is 17.3 Å². The van der Waals surface area contributed by atoms with Gasteiger partial charge in [0.05, 0.1) is 22.6 Å². The fourth-order valence-corrected chi connectivity index (χ4v) is 4.98. The maximum Gasteiger partial charge on any atom is 0.352 e. The molecular weight excluding hydrogens is 514 g/mol. The van der Waals surface area contributed by atoms with Crippen LogP contribution in [0.25, 0.3) is 33.1 Å². The summed E-state index contributed by atoms with van der Waals surface area (Å²) in [7, 11) is 0. The van der Waals surface area contributed by atoms with Crippen LogP contribution in [0.4, 0.5) is 37.5 Å². The fraction of sp³-hybridized carbons (Fsp3) is 0.0690. The zero-order chi connectivity index (χ0) is 27.4. The molecule has 0 spiro atoms. The van der Waals surface area contributed by atoms with E-state index in [-0.39, 0.29) is 11.3 Å². The van der Waals surface area contributed by atoms with Gasteiger partial charge in [-0.2, -0.15) is 8.78 Å². The third kappa shape index (κ3) is 3.70. The van der Waals surface area contributed by atoms with Crippen molar-refractivity contribution >= 4 is 56.4 Å². The third-order valence-electron chi connectivity index (χ3n) is 6.97. The number of nitrogens with one attached hydrogen (secondary N) is 4. The maximum atomic E-state index is 14.4. The number of rotatable bonds is 5. The van der Waals surface area contributed by atoms with Crippen LogP contribution in [0, 0.1) is 6.92 Å². The van der Waals surface area contributed by atoms with Crippen molar-refractivity contribution in [2.75, 3.05) is 16.0 Å². The SMILES string of the molecule is Cc1ccc2c(Nc3ccc4c(c3)C(F)(F)C(=O)N4)nccc2c1Nc1ncccc1-c1ncnc2[nH]ccc12. The summed E-state index contributed by atoms with van der Waals surface area (Å²) in [5.41, 5.74) is 4.18. The molecule has 5 heterocycles. The lowest BCUT2D eigenvalue weighted by atomic mass is 10.0. The first-order valence-corrected chi connectivity index (χ1v) is 12.4. The highest BCUT2D eigenvalue weighted by molar-refractivity contribution is 6.06. The van der Waals surface area contributed by atoms with Crippen molar-refractivity contribution in [2.45, 2.75) is 12.8 Å². The number of halogens is 2. The van der Waals surface area contributed by atoms with Gasteiger partial charge < -0.3 is 20.9 Å². The molecule has 0 radical (unpaired) electrons. The van der Waals surface area contributed by atoms with Crippen LogP contribution in [0.5, 0.6) is 0 Å². The number of benzene rings is 2. The molecule has 2 aromatic carbocycles. The van der Waals surface area contributed by atoms with Crippen molar-refractivity contribution in [3.8, 4) is 11.3 Å². The van der Waals surface area contributed by atoms with E-state index >= 15 is 0 Å². The van der Waals surface area contributed by atoms with E-state index in [4.69, 9.17) is 0 Å². The number of pyridine rings is 2. The van der Waals surface area contributed by atoms with Crippen LogP contribution in [0.15, 0.2) is 79.5 Å². The number of aromatic nitrogens is 5. The number of alkyl halides is 2. The second kappa shape index (κ2) is 8.80. The van der Waals surface area contributed by atoms with Gasteiger partial charge in [-0.1, -0.05) is 12.1 Å². The predicted molar refractivity (Wildman–Crippen MR) is 149 cm³/mol. The topological polar surface area (TPSA) is 121 Å². The minimum atomic E-state index is -3.59. The molecule has 1 aliphatic rings. The van der Waals surface area contributed by atoms with Crippen LogP contribution in [0.3, 0.4) is 0 Å². The summed E-state index contributed by atoms with van der Waals surface area (Å²) in [5, 5.41) is 11.4. The predicted octanol–water partition coefficient (Wildman–Crippen LogP) is 6.41. The number of hydrogen-bond acceptors (Lipinski definition) is 7. The zero-order valence-corrected chi connectivity index (χ0v) is 21.0.